The molecule has 2 rings (SSSR count). The van der Waals surface area contributed by atoms with Gasteiger partial charge in [0.1, 0.15) is 5.76 Å². The maximum Gasteiger partial charge on any atom is 0.534 e. The number of rotatable bonds is 2. The number of fused-ring (bicyclic) bond motifs is 1. The maximum atomic E-state index is 12.3. The van der Waals surface area contributed by atoms with Crippen LogP contribution in [0.5, 0.6) is 0 Å². The molecule has 1 aromatic carbocycles. The van der Waals surface area contributed by atoms with Crippen LogP contribution < -0.4 is 0 Å². The zero-order chi connectivity index (χ0) is 14.3. The van der Waals surface area contributed by atoms with Gasteiger partial charge in [0.25, 0.3) is 0 Å². The Balaban J connectivity index is 2.39. The van der Waals surface area contributed by atoms with Crippen molar-refractivity contribution >= 4 is 15.9 Å². The largest absolute Gasteiger partial charge is 0.534 e. The van der Waals surface area contributed by atoms with Crippen molar-refractivity contribution in [2.24, 2.45) is 0 Å². The molecule has 0 unspecified atom stereocenters. The highest BCUT2D eigenvalue weighted by atomic mass is 32.2. The summed E-state index contributed by atoms with van der Waals surface area (Å²) in [5.41, 5.74) is -3.42. The summed E-state index contributed by atoms with van der Waals surface area (Å²) in [6.07, 6.45) is 2.46. The zero-order valence-electron chi connectivity index (χ0n) is 9.99. The first-order chi connectivity index (χ1) is 8.71. The summed E-state index contributed by atoms with van der Waals surface area (Å²) in [6.45, 7) is 1.77. The molecule has 0 spiro atoms. The molecule has 104 valence electrons. The van der Waals surface area contributed by atoms with Crippen molar-refractivity contribution in [3.63, 3.8) is 0 Å². The minimum Gasteiger partial charge on any atom is -0.376 e. The minimum absolute atomic E-state index is 0.248. The van der Waals surface area contributed by atoms with E-state index in [1.165, 1.54) is 6.08 Å². The van der Waals surface area contributed by atoms with Gasteiger partial charge in [0.2, 0.25) is 0 Å². The van der Waals surface area contributed by atoms with Gasteiger partial charge in [0.05, 0.1) is 0 Å². The lowest BCUT2D eigenvalue weighted by atomic mass is 9.94. The molecule has 0 fully saturated rings. The van der Waals surface area contributed by atoms with Crippen molar-refractivity contribution in [2.75, 3.05) is 0 Å². The van der Waals surface area contributed by atoms with Crippen molar-refractivity contribution in [3.8, 4) is 0 Å². The summed E-state index contributed by atoms with van der Waals surface area (Å²) in [5.74, 6) is -0.248. The van der Waals surface area contributed by atoms with Gasteiger partial charge in [0, 0.05) is 5.56 Å². The van der Waals surface area contributed by atoms with Crippen LogP contribution in [0, 0.1) is 6.92 Å². The van der Waals surface area contributed by atoms with Crippen molar-refractivity contribution in [2.45, 2.75) is 25.3 Å². The second kappa shape index (κ2) is 4.56. The average Bonchev–Trinajstić information content (AvgIpc) is 2.28. The zero-order valence-corrected chi connectivity index (χ0v) is 10.8. The van der Waals surface area contributed by atoms with Crippen molar-refractivity contribution in [1.82, 2.24) is 0 Å². The van der Waals surface area contributed by atoms with Crippen LogP contribution in [-0.2, 0) is 20.7 Å². The molecule has 7 heteroatoms. The third-order valence-electron chi connectivity index (χ3n) is 2.76. The molecule has 19 heavy (non-hydrogen) atoms. The van der Waals surface area contributed by atoms with Crippen LogP contribution in [0.25, 0.3) is 5.76 Å². The number of hydrogen-bond donors (Lipinski definition) is 0. The standard InChI is InChI=1S/C12H11F3O3S/c1-8-5-6-9-3-2-4-11(10(9)7-8)18-19(16,17)12(13,14)15/h4-7H,2-3H2,1H3. The van der Waals surface area contributed by atoms with Gasteiger partial charge in [-0.2, -0.15) is 21.6 Å². The second-order valence-electron chi connectivity index (χ2n) is 4.25. The third-order valence-corrected chi connectivity index (χ3v) is 3.72. The second-order valence-corrected chi connectivity index (χ2v) is 5.79. The van der Waals surface area contributed by atoms with E-state index in [-0.39, 0.29) is 5.76 Å². The Labute approximate surface area is 108 Å². The number of halogens is 3. The van der Waals surface area contributed by atoms with E-state index in [1.54, 1.807) is 19.1 Å². The first-order valence-corrected chi connectivity index (χ1v) is 6.92. The van der Waals surface area contributed by atoms with Crippen LogP contribution in [0.15, 0.2) is 24.3 Å². The van der Waals surface area contributed by atoms with E-state index in [9.17, 15) is 21.6 Å². The van der Waals surface area contributed by atoms with Gasteiger partial charge >= 0.3 is 15.6 Å². The molecule has 0 saturated heterocycles. The Morgan fingerprint density at radius 3 is 2.58 bits per heavy atom. The lowest BCUT2D eigenvalue weighted by molar-refractivity contribution is -0.0509. The van der Waals surface area contributed by atoms with E-state index in [2.05, 4.69) is 4.18 Å². The molecule has 1 aliphatic carbocycles. The molecule has 0 N–H and O–H groups in total. The van der Waals surface area contributed by atoms with Crippen LogP contribution in [0.3, 0.4) is 0 Å². The molecular weight excluding hydrogens is 281 g/mol. The fraction of sp³-hybridized carbons (Fsp3) is 0.333. The molecule has 3 nitrogen and oxygen atoms in total. The van der Waals surface area contributed by atoms with Gasteiger partial charge in [-0.1, -0.05) is 17.7 Å². The number of hydrogen-bond acceptors (Lipinski definition) is 3. The number of aryl methyl sites for hydroxylation is 2. The van der Waals surface area contributed by atoms with Crippen LogP contribution in [0.1, 0.15) is 23.1 Å². The van der Waals surface area contributed by atoms with E-state index in [4.69, 9.17) is 0 Å². The van der Waals surface area contributed by atoms with Crippen molar-refractivity contribution in [3.05, 3.63) is 41.0 Å². The average molecular weight is 292 g/mol. The molecule has 0 aromatic heterocycles. The predicted molar refractivity (Wildman–Crippen MR) is 63.5 cm³/mol. The van der Waals surface area contributed by atoms with E-state index in [0.717, 1.165) is 11.1 Å². The summed E-state index contributed by atoms with van der Waals surface area (Å²) in [7, 11) is -5.62. The molecule has 1 aliphatic rings. The van der Waals surface area contributed by atoms with Gasteiger partial charge in [-0.15, -0.1) is 0 Å². The monoisotopic (exact) mass is 292 g/mol. The van der Waals surface area contributed by atoms with Crippen molar-refractivity contribution < 1.29 is 25.8 Å². The SMILES string of the molecule is Cc1ccc2c(c1)C(OS(=O)(=O)C(F)(F)F)=CCC2. The Morgan fingerprint density at radius 1 is 1.26 bits per heavy atom. The molecule has 0 saturated carbocycles. The van der Waals surface area contributed by atoms with Gasteiger partial charge < -0.3 is 4.18 Å². The number of benzene rings is 1. The summed E-state index contributed by atoms with van der Waals surface area (Å²) < 4.78 is 63.2. The van der Waals surface area contributed by atoms with Gasteiger partial charge in [-0.25, -0.2) is 0 Å². The van der Waals surface area contributed by atoms with Crippen LogP contribution >= 0.6 is 0 Å². The van der Waals surface area contributed by atoms with Crippen LogP contribution in [0.2, 0.25) is 0 Å². The fourth-order valence-corrected chi connectivity index (χ4v) is 2.34. The Bertz CT molecular complexity index is 630. The van der Waals surface area contributed by atoms with E-state index in [1.807, 2.05) is 6.07 Å². The lowest BCUT2D eigenvalue weighted by Crippen LogP contribution is -2.25. The molecule has 0 aliphatic heterocycles. The quantitative estimate of drug-likeness (QED) is 0.621. The molecular formula is C12H11F3O3S. The Morgan fingerprint density at radius 2 is 1.95 bits per heavy atom. The number of alkyl halides is 3. The van der Waals surface area contributed by atoms with Gasteiger partial charge in [-0.05, 0) is 37.5 Å². The normalized spacial score (nSPS) is 15.7. The molecule has 0 radical (unpaired) electrons. The minimum atomic E-state index is -5.62. The summed E-state index contributed by atoms with van der Waals surface area (Å²) >= 11 is 0. The molecule has 0 bridgehead atoms. The summed E-state index contributed by atoms with van der Waals surface area (Å²) in [5, 5.41) is 0. The van der Waals surface area contributed by atoms with E-state index in [0.29, 0.717) is 18.4 Å². The fourth-order valence-electron chi connectivity index (χ4n) is 1.85. The lowest BCUT2D eigenvalue weighted by Gasteiger charge is -2.19. The van der Waals surface area contributed by atoms with E-state index >= 15 is 0 Å². The third kappa shape index (κ3) is 2.75. The first-order valence-electron chi connectivity index (χ1n) is 5.51. The highest BCUT2D eigenvalue weighted by Gasteiger charge is 2.49. The van der Waals surface area contributed by atoms with Gasteiger partial charge in [0.15, 0.2) is 0 Å². The van der Waals surface area contributed by atoms with Crippen molar-refractivity contribution in [1.29, 1.82) is 0 Å². The summed E-state index contributed by atoms with van der Waals surface area (Å²) in [4.78, 5) is 0. The number of allylic oxidation sites excluding steroid dienone is 1. The Hall–Kier alpha value is -1.50. The molecule has 0 heterocycles. The van der Waals surface area contributed by atoms with Gasteiger partial charge in [-0.3, -0.25) is 0 Å². The van der Waals surface area contributed by atoms with Crippen LogP contribution in [-0.4, -0.2) is 13.9 Å². The molecule has 0 amide bonds. The smallest absolute Gasteiger partial charge is 0.376 e. The topological polar surface area (TPSA) is 43.4 Å². The van der Waals surface area contributed by atoms with Crippen LogP contribution in [0.4, 0.5) is 13.2 Å². The Kier molecular flexibility index (Phi) is 3.34. The highest BCUT2D eigenvalue weighted by Crippen LogP contribution is 2.33. The molecule has 1 aromatic rings. The first kappa shape index (κ1) is 13.9. The summed E-state index contributed by atoms with van der Waals surface area (Å²) in [6, 6.07) is 5.20. The highest BCUT2D eigenvalue weighted by molar-refractivity contribution is 7.87. The molecule has 0 atom stereocenters. The maximum absolute atomic E-state index is 12.3. The van der Waals surface area contributed by atoms with E-state index < -0.39 is 15.6 Å². The predicted octanol–water partition coefficient (Wildman–Crippen LogP) is 3.15.